The Hall–Kier alpha value is -2.35. The Morgan fingerprint density at radius 3 is 2.12 bits per heavy atom. The Labute approximate surface area is 91.6 Å². The summed E-state index contributed by atoms with van der Waals surface area (Å²) < 4.78 is 0. The molecule has 0 unspecified atom stereocenters. The van der Waals surface area contributed by atoms with Gasteiger partial charge in [-0.05, 0) is 31.0 Å². The van der Waals surface area contributed by atoms with Crippen LogP contribution in [0.15, 0.2) is 6.07 Å². The molecule has 0 aliphatic rings. The van der Waals surface area contributed by atoms with Crippen LogP contribution in [-0.2, 0) is 0 Å². The van der Waals surface area contributed by atoms with E-state index in [9.17, 15) is 19.8 Å². The lowest BCUT2D eigenvalue weighted by Crippen LogP contribution is -2.29. The second kappa shape index (κ2) is 4.03. The number of carboxylic acids is 2. The van der Waals surface area contributed by atoms with Crippen molar-refractivity contribution >= 4 is 11.9 Å². The number of hydrogen-bond donors (Lipinski definition) is 0. The average molecular weight is 217 g/mol. The Bertz CT molecular complexity index is 526. The van der Waals surface area contributed by atoms with Gasteiger partial charge in [-0.2, -0.15) is 5.26 Å². The molecule has 0 radical (unpaired) electrons. The molecule has 5 nitrogen and oxygen atoms in total. The molecule has 1 aromatic rings. The molecule has 0 saturated heterocycles. The van der Waals surface area contributed by atoms with Crippen LogP contribution in [0.3, 0.4) is 0 Å². The van der Waals surface area contributed by atoms with Crippen LogP contribution in [0.4, 0.5) is 0 Å². The summed E-state index contributed by atoms with van der Waals surface area (Å²) in [4.78, 5) is 21.6. The Morgan fingerprint density at radius 2 is 1.75 bits per heavy atom. The molecule has 0 saturated carbocycles. The van der Waals surface area contributed by atoms with Gasteiger partial charge >= 0.3 is 0 Å². The predicted octanol–water partition coefficient (Wildman–Crippen LogP) is -1.10. The van der Waals surface area contributed by atoms with Gasteiger partial charge in [0.2, 0.25) is 0 Å². The van der Waals surface area contributed by atoms with Crippen molar-refractivity contribution in [3.05, 3.63) is 33.9 Å². The van der Waals surface area contributed by atoms with E-state index in [2.05, 4.69) is 0 Å². The van der Waals surface area contributed by atoms with Crippen molar-refractivity contribution in [1.82, 2.24) is 0 Å². The molecule has 82 valence electrons. The SMILES string of the molecule is Cc1c(C#N)cc(C(=O)[O-])c(C)c1C(=O)[O-]. The molecule has 1 rings (SSSR count). The summed E-state index contributed by atoms with van der Waals surface area (Å²) in [6.07, 6.45) is 0. The molecule has 0 fully saturated rings. The van der Waals surface area contributed by atoms with Crippen LogP contribution in [0, 0.1) is 25.2 Å². The van der Waals surface area contributed by atoms with Gasteiger partial charge in [-0.25, -0.2) is 0 Å². The van der Waals surface area contributed by atoms with Crippen molar-refractivity contribution in [1.29, 1.82) is 5.26 Å². The molecule has 0 amide bonds. The minimum atomic E-state index is -1.52. The fourth-order valence-corrected chi connectivity index (χ4v) is 1.55. The smallest absolute Gasteiger partial charge is 0.0994 e. The van der Waals surface area contributed by atoms with Crippen molar-refractivity contribution in [3.8, 4) is 6.07 Å². The number of hydrogen-bond acceptors (Lipinski definition) is 5. The number of nitriles is 1. The van der Waals surface area contributed by atoms with Gasteiger partial charge in [0.05, 0.1) is 23.6 Å². The number of nitrogens with zero attached hydrogens (tertiary/aromatic N) is 1. The number of carbonyl (C=O) groups excluding carboxylic acids is 2. The number of aromatic carboxylic acids is 2. The van der Waals surface area contributed by atoms with Gasteiger partial charge < -0.3 is 19.8 Å². The zero-order valence-corrected chi connectivity index (χ0v) is 8.66. The first-order valence-corrected chi connectivity index (χ1v) is 4.37. The first kappa shape index (κ1) is 11.7. The van der Waals surface area contributed by atoms with Gasteiger partial charge in [-0.15, -0.1) is 0 Å². The summed E-state index contributed by atoms with van der Waals surface area (Å²) in [5.41, 5.74) is -0.342. The summed E-state index contributed by atoms with van der Waals surface area (Å²) in [5, 5.41) is 30.3. The van der Waals surface area contributed by atoms with E-state index in [-0.39, 0.29) is 27.8 Å². The van der Waals surface area contributed by atoms with E-state index in [1.807, 2.05) is 0 Å². The Kier molecular flexibility index (Phi) is 2.95. The topological polar surface area (TPSA) is 104 Å². The molecule has 0 heterocycles. The summed E-state index contributed by atoms with van der Waals surface area (Å²) in [7, 11) is 0. The highest BCUT2D eigenvalue weighted by atomic mass is 16.4. The van der Waals surface area contributed by atoms with Crippen molar-refractivity contribution in [2.75, 3.05) is 0 Å². The number of carbonyl (C=O) groups is 2. The lowest BCUT2D eigenvalue weighted by atomic mass is 9.93. The van der Waals surface area contributed by atoms with Crippen molar-refractivity contribution in [2.45, 2.75) is 13.8 Å². The second-order valence-electron chi connectivity index (χ2n) is 3.28. The van der Waals surface area contributed by atoms with Crippen molar-refractivity contribution < 1.29 is 19.8 Å². The van der Waals surface area contributed by atoms with Crippen molar-refractivity contribution in [3.63, 3.8) is 0 Å². The molecule has 5 heteroatoms. The molecule has 0 spiro atoms. The van der Waals surface area contributed by atoms with Gasteiger partial charge in [0, 0.05) is 11.1 Å². The molecule has 0 aromatic heterocycles. The quantitative estimate of drug-likeness (QED) is 0.625. The fourth-order valence-electron chi connectivity index (χ4n) is 1.55. The van der Waals surface area contributed by atoms with Crippen LogP contribution < -0.4 is 10.2 Å². The van der Waals surface area contributed by atoms with E-state index < -0.39 is 11.9 Å². The monoisotopic (exact) mass is 217 g/mol. The highest BCUT2D eigenvalue weighted by molar-refractivity contribution is 5.97. The van der Waals surface area contributed by atoms with E-state index in [1.54, 1.807) is 6.07 Å². The standard InChI is InChI=1S/C11H9NO4/c1-5-7(4-12)3-8(10(13)14)6(2)9(5)11(15)16/h3H,1-2H3,(H,13,14)(H,15,16)/p-2. The zero-order valence-electron chi connectivity index (χ0n) is 8.66. The highest BCUT2D eigenvalue weighted by Crippen LogP contribution is 2.21. The van der Waals surface area contributed by atoms with E-state index in [0.29, 0.717) is 0 Å². The third kappa shape index (κ3) is 1.73. The lowest BCUT2D eigenvalue weighted by Gasteiger charge is -2.16. The predicted molar refractivity (Wildman–Crippen MR) is 49.3 cm³/mol. The van der Waals surface area contributed by atoms with E-state index in [1.165, 1.54) is 13.8 Å². The third-order valence-corrected chi connectivity index (χ3v) is 2.39. The maximum atomic E-state index is 10.9. The lowest BCUT2D eigenvalue weighted by molar-refractivity contribution is -0.255. The van der Waals surface area contributed by atoms with Crippen LogP contribution in [0.1, 0.15) is 37.4 Å². The van der Waals surface area contributed by atoms with Gasteiger partial charge in [0.25, 0.3) is 0 Å². The fraction of sp³-hybridized carbons (Fsp3) is 0.182. The molecular formula is C11H7NO4-2. The Morgan fingerprint density at radius 1 is 1.19 bits per heavy atom. The summed E-state index contributed by atoms with van der Waals surface area (Å²) in [6.45, 7) is 2.76. The van der Waals surface area contributed by atoms with Gasteiger partial charge in [-0.1, -0.05) is 0 Å². The van der Waals surface area contributed by atoms with Crippen LogP contribution in [0.5, 0.6) is 0 Å². The molecular weight excluding hydrogens is 210 g/mol. The van der Waals surface area contributed by atoms with Crippen molar-refractivity contribution in [2.24, 2.45) is 0 Å². The average Bonchev–Trinajstić information content (AvgIpc) is 2.16. The molecule has 0 aliphatic heterocycles. The number of benzene rings is 1. The minimum Gasteiger partial charge on any atom is -0.545 e. The molecule has 1 aromatic carbocycles. The zero-order chi connectivity index (χ0) is 12.5. The Balaban J connectivity index is 3.73. The van der Waals surface area contributed by atoms with Crippen LogP contribution in [-0.4, -0.2) is 11.9 Å². The van der Waals surface area contributed by atoms with Gasteiger partial charge in [0.15, 0.2) is 0 Å². The molecule has 0 N–H and O–H groups in total. The normalized spacial score (nSPS) is 9.56. The summed E-state index contributed by atoms with van der Waals surface area (Å²) in [5.74, 6) is -3.02. The van der Waals surface area contributed by atoms with E-state index in [4.69, 9.17) is 5.26 Å². The van der Waals surface area contributed by atoms with Gasteiger partial charge in [-0.3, -0.25) is 0 Å². The first-order chi connectivity index (χ1) is 7.40. The third-order valence-electron chi connectivity index (χ3n) is 2.39. The van der Waals surface area contributed by atoms with E-state index in [0.717, 1.165) is 6.07 Å². The maximum absolute atomic E-state index is 10.9. The molecule has 16 heavy (non-hydrogen) atoms. The highest BCUT2D eigenvalue weighted by Gasteiger charge is 2.13. The van der Waals surface area contributed by atoms with Crippen LogP contribution >= 0.6 is 0 Å². The summed E-state index contributed by atoms with van der Waals surface area (Å²) in [6, 6.07) is 2.83. The number of rotatable bonds is 2. The maximum Gasteiger partial charge on any atom is 0.0994 e. The minimum absolute atomic E-state index is 0.0102. The molecule has 0 aliphatic carbocycles. The van der Waals surface area contributed by atoms with Crippen LogP contribution in [0.2, 0.25) is 0 Å². The van der Waals surface area contributed by atoms with E-state index >= 15 is 0 Å². The number of carboxylic acid groups (broad SMARTS) is 2. The van der Waals surface area contributed by atoms with Crippen LogP contribution in [0.25, 0.3) is 0 Å². The van der Waals surface area contributed by atoms with Gasteiger partial charge in [0.1, 0.15) is 0 Å². The first-order valence-electron chi connectivity index (χ1n) is 4.37. The molecule has 0 atom stereocenters. The largest absolute Gasteiger partial charge is 0.545 e. The summed E-state index contributed by atoms with van der Waals surface area (Å²) >= 11 is 0. The second-order valence-corrected chi connectivity index (χ2v) is 3.28. The molecule has 0 bridgehead atoms.